The van der Waals surface area contributed by atoms with Gasteiger partial charge in [0.15, 0.2) is 12.7 Å². The predicted octanol–water partition coefficient (Wildman–Crippen LogP) is 0.537. The van der Waals surface area contributed by atoms with Crippen LogP contribution in [-0.4, -0.2) is 28.7 Å². The van der Waals surface area contributed by atoms with Gasteiger partial charge in [0.1, 0.15) is 12.9 Å². The molecule has 1 aliphatic rings. The van der Waals surface area contributed by atoms with Crippen molar-refractivity contribution in [1.82, 2.24) is 9.55 Å². The topological polar surface area (TPSA) is 65.6 Å². The van der Waals surface area contributed by atoms with E-state index in [0.29, 0.717) is 30.5 Å². The van der Waals surface area contributed by atoms with Gasteiger partial charge in [0.2, 0.25) is 0 Å². The fourth-order valence-corrected chi connectivity index (χ4v) is 3.66. The Balaban J connectivity index is 1.70. The Morgan fingerprint density at radius 2 is 1.92 bits per heavy atom. The molecule has 0 spiro atoms. The number of nitrogens with one attached hydrogen (secondary N) is 1. The number of esters is 1. The monoisotopic (exact) mass is 350 g/mol. The first kappa shape index (κ1) is 16.5. The Morgan fingerprint density at radius 1 is 1.19 bits per heavy atom. The Bertz CT molecular complexity index is 1030. The molecule has 1 aliphatic heterocycles. The number of para-hydroxylation sites is 1. The Labute approximate surface area is 150 Å². The van der Waals surface area contributed by atoms with Crippen LogP contribution in [0.5, 0.6) is 0 Å². The number of benzene rings is 2. The molecule has 26 heavy (non-hydrogen) atoms. The highest BCUT2D eigenvalue weighted by molar-refractivity contribution is 5.77. The predicted molar refractivity (Wildman–Crippen MR) is 96.6 cm³/mol. The molecule has 0 bridgehead atoms. The molecule has 2 atom stereocenters. The van der Waals surface area contributed by atoms with Crippen molar-refractivity contribution in [2.75, 3.05) is 7.11 Å². The van der Waals surface area contributed by atoms with Gasteiger partial charge in [0, 0.05) is 12.0 Å². The minimum Gasteiger partial charge on any atom is -0.465 e. The van der Waals surface area contributed by atoms with Crippen LogP contribution in [0.2, 0.25) is 0 Å². The summed E-state index contributed by atoms with van der Waals surface area (Å²) in [4.78, 5) is 30.5. The number of nitrogens with zero attached hydrogens (tertiary/aromatic N) is 2. The van der Waals surface area contributed by atoms with Crippen molar-refractivity contribution in [3.63, 3.8) is 0 Å². The summed E-state index contributed by atoms with van der Waals surface area (Å²) in [7, 11) is 1.41. The van der Waals surface area contributed by atoms with Crippen LogP contribution >= 0.6 is 0 Å². The van der Waals surface area contributed by atoms with Crippen LogP contribution in [0.3, 0.4) is 0 Å². The molecule has 2 heterocycles. The van der Waals surface area contributed by atoms with Gasteiger partial charge in [-0.1, -0.05) is 36.4 Å². The second kappa shape index (κ2) is 6.72. The normalized spacial score (nSPS) is 19.1. The summed E-state index contributed by atoms with van der Waals surface area (Å²) >= 11 is 0. The van der Waals surface area contributed by atoms with Crippen molar-refractivity contribution < 1.29 is 14.4 Å². The fraction of sp³-hybridized carbons (Fsp3) is 0.250. The molecule has 0 fully saturated rings. The number of aromatic nitrogens is 2. The Kier molecular flexibility index (Phi) is 4.26. The molecule has 0 saturated heterocycles. The highest BCUT2D eigenvalue weighted by Gasteiger charge is 2.36. The summed E-state index contributed by atoms with van der Waals surface area (Å²) in [6.07, 6.45) is 2.17. The molecule has 4 rings (SSSR count). The first-order valence-electron chi connectivity index (χ1n) is 8.60. The van der Waals surface area contributed by atoms with E-state index < -0.39 is 0 Å². The summed E-state index contributed by atoms with van der Waals surface area (Å²) in [5, 5.41) is 0.585. The lowest BCUT2D eigenvalue weighted by Gasteiger charge is -2.32. The SMILES string of the molecule is COC(=O)[C@@H]1Cc2ccccc2C[NH+]1Cn1cnc2ccccc2c1=O. The molecule has 0 radical (unpaired) electrons. The lowest BCUT2D eigenvalue weighted by atomic mass is 9.94. The molecule has 2 aromatic carbocycles. The van der Waals surface area contributed by atoms with Gasteiger partial charge < -0.3 is 9.64 Å². The maximum Gasteiger partial charge on any atom is 0.365 e. The third-order valence-electron chi connectivity index (χ3n) is 5.04. The molecule has 0 aliphatic carbocycles. The van der Waals surface area contributed by atoms with Crippen LogP contribution in [0.15, 0.2) is 59.7 Å². The zero-order valence-corrected chi connectivity index (χ0v) is 14.5. The third kappa shape index (κ3) is 2.88. The number of methoxy groups -OCH3 is 1. The quantitative estimate of drug-likeness (QED) is 0.700. The van der Waals surface area contributed by atoms with Crippen LogP contribution in [0.1, 0.15) is 11.1 Å². The molecule has 3 aromatic rings. The van der Waals surface area contributed by atoms with E-state index in [9.17, 15) is 9.59 Å². The number of carbonyl (C=O) groups excluding carboxylic acids is 1. The van der Waals surface area contributed by atoms with Crippen molar-refractivity contribution in [1.29, 1.82) is 0 Å². The van der Waals surface area contributed by atoms with Gasteiger partial charge in [-0.25, -0.2) is 14.3 Å². The lowest BCUT2D eigenvalue weighted by Crippen LogP contribution is -3.16. The van der Waals surface area contributed by atoms with Crippen molar-refractivity contribution in [3.8, 4) is 0 Å². The number of quaternary nitrogens is 1. The number of fused-ring (bicyclic) bond motifs is 2. The van der Waals surface area contributed by atoms with Crippen LogP contribution in [0.4, 0.5) is 0 Å². The van der Waals surface area contributed by atoms with E-state index in [1.165, 1.54) is 12.7 Å². The molecule has 1 N–H and O–H groups in total. The first-order valence-corrected chi connectivity index (χ1v) is 8.60. The number of hydrogen-bond donors (Lipinski definition) is 1. The van der Waals surface area contributed by atoms with Gasteiger partial charge >= 0.3 is 5.97 Å². The van der Waals surface area contributed by atoms with Crippen molar-refractivity contribution in [2.24, 2.45) is 0 Å². The molecular formula is C20H20N3O3+. The minimum absolute atomic E-state index is 0.0921. The molecule has 1 aromatic heterocycles. The Hall–Kier alpha value is -2.99. The van der Waals surface area contributed by atoms with Gasteiger partial charge in [-0.15, -0.1) is 0 Å². The molecule has 132 valence electrons. The van der Waals surface area contributed by atoms with E-state index in [-0.39, 0.29) is 17.6 Å². The average molecular weight is 350 g/mol. The standard InChI is InChI=1S/C20H19N3O3/c1-26-20(25)18-10-14-6-2-3-7-15(14)11-22(18)13-23-12-21-17-9-5-4-8-16(17)19(23)24/h2-9,12,18H,10-11,13H2,1H3/p+1/t18-/m0/s1. The van der Waals surface area contributed by atoms with E-state index in [1.807, 2.05) is 36.4 Å². The number of carbonyl (C=O) groups is 1. The highest BCUT2D eigenvalue weighted by Crippen LogP contribution is 2.14. The van der Waals surface area contributed by atoms with Crippen LogP contribution < -0.4 is 10.5 Å². The van der Waals surface area contributed by atoms with Crippen molar-refractivity contribution in [2.45, 2.75) is 25.7 Å². The Morgan fingerprint density at radius 3 is 2.73 bits per heavy atom. The van der Waals surface area contributed by atoms with Gasteiger partial charge in [-0.2, -0.15) is 0 Å². The van der Waals surface area contributed by atoms with Gasteiger partial charge in [0.25, 0.3) is 5.56 Å². The molecule has 6 heteroatoms. The van der Waals surface area contributed by atoms with Crippen molar-refractivity contribution >= 4 is 16.9 Å². The van der Waals surface area contributed by atoms with E-state index in [4.69, 9.17) is 4.74 Å². The van der Waals surface area contributed by atoms with Crippen LogP contribution in [0, 0.1) is 0 Å². The van der Waals surface area contributed by atoms with E-state index in [1.54, 1.807) is 17.0 Å². The number of ether oxygens (including phenoxy) is 1. The molecule has 1 unspecified atom stereocenters. The highest BCUT2D eigenvalue weighted by atomic mass is 16.5. The summed E-state index contributed by atoms with van der Waals surface area (Å²) in [5.74, 6) is -0.253. The zero-order valence-electron chi connectivity index (χ0n) is 14.5. The molecule has 6 nitrogen and oxygen atoms in total. The van der Waals surface area contributed by atoms with E-state index in [0.717, 1.165) is 10.5 Å². The summed E-state index contributed by atoms with van der Waals surface area (Å²) in [6.45, 7) is 1.03. The van der Waals surface area contributed by atoms with Gasteiger partial charge in [-0.3, -0.25) is 4.79 Å². The summed E-state index contributed by atoms with van der Waals surface area (Å²) in [5.41, 5.74) is 2.95. The van der Waals surface area contributed by atoms with Gasteiger partial charge in [0.05, 0.1) is 18.0 Å². The smallest absolute Gasteiger partial charge is 0.365 e. The molecule has 0 amide bonds. The van der Waals surface area contributed by atoms with Crippen LogP contribution in [0.25, 0.3) is 10.9 Å². The first-order chi connectivity index (χ1) is 12.7. The second-order valence-electron chi connectivity index (χ2n) is 6.58. The molecular weight excluding hydrogens is 330 g/mol. The number of hydrogen-bond acceptors (Lipinski definition) is 4. The summed E-state index contributed by atoms with van der Waals surface area (Å²) in [6, 6.07) is 15.1. The molecule has 0 saturated carbocycles. The van der Waals surface area contributed by atoms with Crippen LogP contribution in [-0.2, 0) is 29.2 Å². The lowest BCUT2D eigenvalue weighted by molar-refractivity contribution is -0.954. The number of rotatable bonds is 3. The van der Waals surface area contributed by atoms with E-state index in [2.05, 4.69) is 11.1 Å². The average Bonchev–Trinajstić information content (AvgIpc) is 2.69. The summed E-state index contributed by atoms with van der Waals surface area (Å²) < 4.78 is 6.60. The van der Waals surface area contributed by atoms with Gasteiger partial charge in [-0.05, 0) is 17.7 Å². The maximum absolute atomic E-state index is 12.8. The van der Waals surface area contributed by atoms with E-state index >= 15 is 0 Å². The minimum atomic E-state index is -0.340. The third-order valence-corrected chi connectivity index (χ3v) is 5.04. The fourth-order valence-electron chi connectivity index (χ4n) is 3.66. The maximum atomic E-state index is 12.8. The zero-order chi connectivity index (χ0) is 18.1. The van der Waals surface area contributed by atoms with Crippen molar-refractivity contribution in [3.05, 3.63) is 76.3 Å². The largest absolute Gasteiger partial charge is 0.465 e. The second-order valence-corrected chi connectivity index (χ2v) is 6.58.